The number of amides is 1. The normalized spacial score (nSPS) is 13.9. The molecule has 0 bridgehead atoms. The van der Waals surface area contributed by atoms with Crippen molar-refractivity contribution in [3.05, 3.63) is 24.3 Å². The molecule has 0 fully saturated rings. The van der Waals surface area contributed by atoms with Gasteiger partial charge in [0.1, 0.15) is 6.10 Å². The molecule has 0 spiro atoms. The minimum Gasteiger partial charge on any atom is -0.394 e. The van der Waals surface area contributed by atoms with E-state index in [9.17, 15) is 20.1 Å². The molecule has 0 rings (SSSR count). The summed E-state index contributed by atoms with van der Waals surface area (Å²) >= 11 is 0. The van der Waals surface area contributed by atoms with Crippen molar-refractivity contribution in [3.63, 3.8) is 0 Å². The molecule has 0 aromatic carbocycles. The van der Waals surface area contributed by atoms with Gasteiger partial charge in [0.2, 0.25) is 5.91 Å². The van der Waals surface area contributed by atoms with Crippen LogP contribution in [0.25, 0.3) is 0 Å². The minimum absolute atomic E-state index is 0.364. The van der Waals surface area contributed by atoms with Crippen molar-refractivity contribution in [1.29, 1.82) is 0 Å². The second kappa shape index (κ2) is 37.6. The quantitative estimate of drug-likeness (QED) is 0.0393. The van der Waals surface area contributed by atoms with Crippen LogP contribution in [0.3, 0.4) is 0 Å². The third kappa shape index (κ3) is 33.1. The van der Waals surface area contributed by atoms with E-state index in [0.717, 1.165) is 32.1 Å². The highest BCUT2D eigenvalue weighted by Gasteiger charge is 2.22. The summed E-state index contributed by atoms with van der Waals surface area (Å²) in [5.41, 5.74) is 0. The third-order valence-corrected chi connectivity index (χ3v) is 9.54. The molecular weight excluding hydrogens is 582 g/mol. The molecule has 0 saturated carbocycles. The van der Waals surface area contributed by atoms with Crippen LogP contribution >= 0.6 is 0 Å². The number of carbonyl (C=O) groups excluding carboxylic acids is 1. The molecular formula is C42H81NO4. The molecule has 0 heterocycles. The van der Waals surface area contributed by atoms with E-state index in [1.807, 2.05) is 6.08 Å². The van der Waals surface area contributed by atoms with Crippen LogP contribution in [0.1, 0.15) is 213 Å². The fraction of sp³-hybridized carbons (Fsp3) is 0.881. The standard InChI is InChI=1S/C42H81NO4/c1-3-5-7-9-11-13-15-16-17-18-19-20-21-22-23-24-25-27-29-31-33-35-37-41(46)42(47)43-39(38-44)40(45)36-34-32-30-28-26-14-12-10-8-6-4-2/h22-23,34,36,39-41,44-46H,3-21,24-33,35,37-38H2,1-2H3,(H,43,47)/b23-22-,36-34+. The molecule has 0 aromatic heterocycles. The van der Waals surface area contributed by atoms with Crippen LogP contribution in [0.2, 0.25) is 0 Å². The van der Waals surface area contributed by atoms with Gasteiger partial charge >= 0.3 is 0 Å². The lowest BCUT2D eigenvalue weighted by molar-refractivity contribution is -0.131. The second-order valence-electron chi connectivity index (χ2n) is 14.2. The predicted molar refractivity (Wildman–Crippen MR) is 204 cm³/mol. The molecule has 278 valence electrons. The lowest BCUT2D eigenvalue weighted by Gasteiger charge is -2.21. The highest BCUT2D eigenvalue weighted by molar-refractivity contribution is 5.80. The van der Waals surface area contributed by atoms with E-state index < -0.39 is 24.2 Å². The van der Waals surface area contributed by atoms with Gasteiger partial charge in [-0.25, -0.2) is 0 Å². The van der Waals surface area contributed by atoms with Gasteiger partial charge in [0.05, 0.1) is 18.8 Å². The number of aliphatic hydroxyl groups is 3. The van der Waals surface area contributed by atoms with Gasteiger partial charge in [-0.05, 0) is 44.9 Å². The maximum absolute atomic E-state index is 12.4. The highest BCUT2D eigenvalue weighted by Crippen LogP contribution is 2.14. The van der Waals surface area contributed by atoms with Crippen LogP contribution in [0.15, 0.2) is 24.3 Å². The van der Waals surface area contributed by atoms with Crippen molar-refractivity contribution in [3.8, 4) is 0 Å². The molecule has 1 amide bonds. The van der Waals surface area contributed by atoms with Crippen LogP contribution in [0.4, 0.5) is 0 Å². The molecule has 0 radical (unpaired) electrons. The van der Waals surface area contributed by atoms with Gasteiger partial charge in [0.25, 0.3) is 0 Å². The average Bonchev–Trinajstić information content (AvgIpc) is 3.07. The number of rotatable bonds is 37. The molecule has 4 N–H and O–H groups in total. The molecule has 5 heteroatoms. The van der Waals surface area contributed by atoms with Gasteiger partial charge in [0, 0.05) is 0 Å². The Kier molecular flexibility index (Phi) is 36.7. The molecule has 3 atom stereocenters. The Morgan fingerprint density at radius 2 is 0.851 bits per heavy atom. The first kappa shape index (κ1) is 45.8. The lowest BCUT2D eigenvalue weighted by atomic mass is 10.0. The molecule has 5 nitrogen and oxygen atoms in total. The largest absolute Gasteiger partial charge is 0.394 e. The van der Waals surface area contributed by atoms with E-state index in [1.54, 1.807) is 6.08 Å². The van der Waals surface area contributed by atoms with E-state index in [0.29, 0.717) is 6.42 Å². The van der Waals surface area contributed by atoms with E-state index >= 15 is 0 Å². The first-order valence-corrected chi connectivity index (χ1v) is 20.7. The van der Waals surface area contributed by atoms with Gasteiger partial charge in [-0.1, -0.05) is 192 Å². The van der Waals surface area contributed by atoms with E-state index in [2.05, 4.69) is 31.3 Å². The van der Waals surface area contributed by atoms with Gasteiger partial charge in [-0.3, -0.25) is 4.79 Å². The number of allylic oxidation sites excluding steroid dienone is 3. The van der Waals surface area contributed by atoms with Crippen molar-refractivity contribution in [2.75, 3.05) is 6.61 Å². The van der Waals surface area contributed by atoms with Gasteiger partial charge in [-0.15, -0.1) is 0 Å². The van der Waals surface area contributed by atoms with E-state index in [1.165, 1.54) is 161 Å². The number of aliphatic hydroxyl groups excluding tert-OH is 3. The zero-order valence-electron chi connectivity index (χ0n) is 31.4. The maximum Gasteiger partial charge on any atom is 0.249 e. The van der Waals surface area contributed by atoms with E-state index in [-0.39, 0.29) is 6.61 Å². The summed E-state index contributed by atoms with van der Waals surface area (Å²) in [6.45, 7) is 4.16. The van der Waals surface area contributed by atoms with Gasteiger partial charge in [-0.2, -0.15) is 0 Å². The van der Waals surface area contributed by atoms with Crippen LogP contribution in [-0.4, -0.2) is 46.1 Å². The molecule has 3 unspecified atom stereocenters. The molecule has 0 aromatic rings. The summed E-state index contributed by atoms with van der Waals surface area (Å²) in [5.74, 6) is -0.509. The van der Waals surface area contributed by atoms with Gasteiger partial charge in [0.15, 0.2) is 0 Å². The summed E-state index contributed by atoms with van der Waals surface area (Å²) in [6.07, 6.45) is 44.9. The fourth-order valence-electron chi connectivity index (χ4n) is 6.24. The van der Waals surface area contributed by atoms with Crippen LogP contribution < -0.4 is 5.32 Å². The van der Waals surface area contributed by atoms with Crippen molar-refractivity contribution >= 4 is 5.91 Å². The summed E-state index contributed by atoms with van der Waals surface area (Å²) in [6, 6.07) is -0.796. The van der Waals surface area contributed by atoms with Crippen LogP contribution in [0, 0.1) is 0 Å². The number of nitrogens with one attached hydrogen (secondary N) is 1. The zero-order chi connectivity index (χ0) is 34.5. The molecule has 0 aliphatic carbocycles. The Hall–Kier alpha value is -1.17. The van der Waals surface area contributed by atoms with Crippen LogP contribution in [-0.2, 0) is 4.79 Å². The monoisotopic (exact) mass is 664 g/mol. The summed E-state index contributed by atoms with van der Waals surface area (Å²) < 4.78 is 0. The smallest absolute Gasteiger partial charge is 0.249 e. The number of unbranched alkanes of at least 4 members (excludes halogenated alkanes) is 27. The number of hydrogen-bond acceptors (Lipinski definition) is 4. The average molecular weight is 664 g/mol. The highest BCUT2D eigenvalue weighted by atomic mass is 16.3. The molecule has 0 aliphatic rings. The SMILES string of the molecule is CCCCCCCCCCC/C=C/C(O)C(CO)NC(=O)C(O)CCCCCCCC/C=C\CCCCCCCCCCCCCC. The number of hydrogen-bond donors (Lipinski definition) is 4. The number of carbonyl (C=O) groups is 1. The Morgan fingerprint density at radius 1 is 0.511 bits per heavy atom. The second-order valence-corrected chi connectivity index (χ2v) is 14.2. The summed E-state index contributed by atoms with van der Waals surface area (Å²) in [5, 5.41) is 33.0. The third-order valence-electron chi connectivity index (χ3n) is 9.54. The van der Waals surface area contributed by atoms with Crippen molar-refractivity contribution < 1.29 is 20.1 Å². The molecule has 0 saturated heterocycles. The topological polar surface area (TPSA) is 89.8 Å². The Bertz CT molecular complexity index is 694. The maximum atomic E-state index is 12.4. The molecule has 0 aliphatic heterocycles. The first-order valence-electron chi connectivity index (χ1n) is 20.7. The minimum atomic E-state index is -1.10. The molecule has 47 heavy (non-hydrogen) atoms. The summed E-state index contributed by atoms with van der Waals surface area (Å²) in [4.78, 5) is 12.4. The lowest BCUT2D eigenvalue weighted by Crippen LogP contribution is -2.48. The van der Waals surface area contributed by atoms with Crippen molar-refractivity contribution in [1.82, 2.24) is 5.32 Å². The predicted octanol–water partition coefficient (Wildman–Crippen LogP) is 11.4. The van der Waals surface area contributed by atoms with Crippen LogP contribution in [0.5, 0.6) is 0 Å². The van der Waals surface area contributed by atoms with Gasteiger partial charge < -0.3 is 20.6 Å². The first-order chi connectivity index (χ1) is 23.1. The Balaban J connectivity index is 3.65. The van der Waals surface area contributed by atoms with Crippen molar-refractivity contribution in [2.45, 2.75) is 231 Å². The fourth-order valence-corrected chi connectivity index (χ4v) is 6.24. The van der Waals surface area contributed by atoms with Crippen molar-refractivity contribution in [2.24, 2.45) is 0 Å². The zero-order valence-corrected chi connectivity index (χ0v) is 31.4. The Labute approximate surface area is 292 Å². The Morgan fingerprint density at radius 3 is 1.23 bits per heavy atom. The van der Waals surface area contributed by atoms with E-state index in [4.69, 9.17) is 0 Å². The summed E-state index contributed by atoms with van der Waals surface area (Å²) in [7, 11) is 0.